The van der Waals surface area contributed by atoms with Crippen molar-refractivity contribution in [1.29, 1.82) is 0 Å². The molecule has 1 atom stereocenters. The summed E-state index contributed by atoms with van der Waals surface area (Å²) in [4.78, 5) is 0. The second-order valence-electron chi connectivity index (χ2n) is 5.84. The van der Waals surface area contributed by atoms with E-state index < -0.39 is 0 Å². The molecule has 3 rings (SSSR count). The number of benzene rings is 1. The van der Waals surface area contributed by atoms with Crippen LogP contribution in [0.25, 0.3) is 0 Å². The SMILES string of the molecule is NC1(c2ccc(OC3CCOC3)cc2)CCCCC1. The summed E-state index contributed by atoms with van der Waals surface area (Å²) in [7, 11) is 0. The third-order valence-corrected chi connectivity index (χ3v) is 4.37. The first-order valence-electron chi connectivity index (χ1n) is 7.40. The minimum Gasteiger partial charge on any atom is -0.488 e. The van der Waals surface area contributed by atoms with Crippen molar-refractivity contribution in [3.05, 3.63) is 29.8 Å². The standard InChI is InChI=1S/C16H23NO2/c17-16(9-2-1-3-10-16)13-4-6-14(7-5-13)19-15-8-11-18-12-15/h4-7,15H,1-3,8-12,17H2. The van der Waals surface area contributed by atoms with Crippen molar-refractivity contribution in [1.82, 2.24) is 0 Å². The normalized spacial score (nSPS) is 26.3. The van der Waals surface area contributed by atoms with E-state index >= 15 is 0 Å². The van der Waals surface area contributed by atoms with Gasteiger partial charge in [-0.25, -0.2) is 0 Å². The van der Waals surface area contributed by atoms with Gasteiger partial charge < -0.3 is 15.2 Å². The molecule has 1 aromatic rings. The van der Waals surface area contributed by atoms with Crippen molar-refractivity contribution >= 4 is 0 Å². The zero-order valence-corrected chi connectivity index (χ0v) is 11.4. The molecule has 1 aromatic carbocycles. The summed E-state index contributed by atoms with van der Waals surface area (Å²) in [6.07, 6.45) is 7.22. The van der Waals surface area contributed by atoms with E-state index in [4.69, 9.17) is 15.2 Å². The predicted molar refractivity (Wildman–Crippen MR) is 75.2 cm³/mol. The molecule has 1 unspecified atom stereocenters. The minimum atomic E-state index is -0.118. The first-order valence-corrected chi connectivity index (χ1v) is 7.40. The van der Waals surface area contributed by atoms with Gasteiger partial charge >= 0.3 is 0 Å². The van der Waals surface area contributed by atoms with E-state index in [1.165, 1.54) is 24.8 Å². The molecular formula is C16H23NO2. The fourth-order valence-electron chi connectivity index (χ4n) is 3.14. The number of rotatable bonds is 3. The molecule has 0 radical (unpaired) electrons. The Bertz CT molecular complexity index is 403. The zero-order valence-electron chi connectivity index (χ0n) is 11.4. The fraction of sp³-hybridized carbons (Fsp3) is 0.625. The molecule has 1 heterocycles. The highest BCUT2D eigenvalue weighted by molar-refractivity contribution is 5.32. The number of ether oxygens (including phenoxy) is 2. The van der Waals surface area contributed by atoms with Gasteiger partial charge in [0.1, 0.15) is 11.9 Å². The summed E-state index contributed by atoms with van der Waals surface area (Å²) >= 11 is 0. The summed E-state index contributed by atoms with van der Waals surface area (Å²) in [5.41, 5.74) is 7.67. The number of hydrogen-bond acceptors (Lipinski definition) is 3. The molecule has 2 N–H and O–H groups in total. The summed E-state index contributed by atoms with van der Waals surface area (Å²) < 4.78 is 11.2. The Balaban J connectivity index is 1.67. The monoisotopic (exact) mass is 261 g/mol. The van der Waals surface area contributed by atoms with Crippen molar-refractivity contribution < 1.29 is 9.47 Å². The average molecular weight is 261 g/mol. The van der Waals surface area contributed by atoms with Crippen LogP contribution in [0.15, 0.2) is 24.3 Å². The van der Waals surface area contributed by atoms with Crippen molar-refractivity contribution in [2.45, 2.75) is 50.2 Å². The van der Waals surface area contributed by atoms with E-state index in [1.807, 2.05) is 0 Å². The molecule has 0 spiro atoms. The third kappa shape index (κ3) is 2.93. The van der Waals surface area contributed by atoms with Gasteiger partial charge in [0.25, 0.3) is 0 Å². The lowest BCUT2D eigenvalue weighted by atomic mass is 9.77. The summed E-state index contributed by atoms with van der Waals surface area (Å²) in [5, 5.41) is 0. The van der Waals surface area contributed by atoms with E-state index in [0.717, 1.165) is 31.6 Å². The summed E-state index contributed by atoms with van der Waals surface area (Å²) in [6.45, 7) is 1.53. The van der Waals surface area contributed by atoms with Crippen molar-refractivity contribution in [2.75, 3.05) is 13.2 Å². The zero-order chi connectivity index (χ0) is 13.1. The maximum atomic E-state index is 6.53. The molecule has 0 aromatic heterocycles. The second-order valence-corrected chi connectivity index (χ2v) is 5.84. The molecule has 104 valence electrons. The molecule has 0 amide bonds. The van der Waals surface area contributed by atoms with Gasteiger partial charge in [0, 0.05) is 12.0 Å². The Hall–Kier alpha value is -1.06. The Labute approximate surface area is 115 Å². The highest BCUT2D eigenvalue weighted by Gasteiger charge is 2.29. The Morgan fingerprint density at radius 2 is 1.84 bits per heavy atom. The second kappa shape index (κ2) is 5.51. The van der Waals surface area contributed by atoms with Gasteiger partial charge in [-0.1, -0.05) is 31.4 Å². The van der Waals surface area contributed by atoms with E-state index in [2.05, 4.69) is 24.3 Å². The van der Waals surface area contributed by atoms with Crippen molar-refractivity contribution in [3.8, 4) is 5.75 Å². The molecule has 2 fully saturated rings. The average Bonchev–Trinajstić information content (AvgIpc) is 2.93. The van der Waals surface area contributed by atoms with Crippen LogP contribution in [-0.2, 0) is 10.3 Å². The summed E-state index contributed by atoms with van der Waals surface area (Å²) in [6, 6.07) is 8.38. The molecule has 1 aliphatic heterocycles. The fourth-order valence-corrected chi connectivity index (χ4v) is 3.14. The maximum absolute atomic E-state index is 6.53. The van der Waals surface area contributed by atoms with Gasteiger partial charge in [0.15, 0.2) is 0 Å². The smallest absolute Gasteiger partial charge is 0.124 e. The molecule has 2 aliphatic rings. The largest absolute Gasteiger partial charge is 0.488 e. The molecule has 3 nitrogen and oxygen atoms in total. The van der Waals surface area contributed by atoms with Gasteiger partial charge in [-0.15, -0.1) is 0 Å². The lowest BCUT2D eigenvalue weighted by Gasteiger charge is -2.34. The Morgan fingerprint density at radius 1 is 1.11 bits per heavy atom. The Morgan fingerprint density at radius 3 is 2.47 bits per heavy atom. The molecule has 19 heavy (non-hydrogen) atoms. The third-order valence-electron chi connectivity index (χ3n) is 4.37. The number of nitrogens with two attached hydrogens (primary N) is 1. The lowest BCUT2D eigenvalue weighted by molar-refractivity contribution is 0.141. The predicted octanol–water partition coefficient (Wildman–Crippen LogP) is 2.97. The molecule has 0 bridgehead atoms. The maximum Gasteiger partial charge on any atom is 0.124 e. The molecule has 1 saturated heterocycles. The molecular weight excluding hydrogens is 238 g/mol. The van der Waals surface area contributed by atoms with Crippen molar-refractivity contribution in [2.24, 2.45) is 5.73 Å². The van der Waals surface area contributed by atoms with Gasteiger partial charge in [-0.3, -0.25) is 0 Å². The van der Waals surface area contributed by atoms with Gasteiger partial charge in [0.05, 0.1) is 13.2 Å². The summed E-state index contributed by atoms with van der Waals surface area (Å²) in [5.74, 6) is 0.929. The van der Waals surface area contributed by atoms with Crippen LogP contribution in [-0.4, -0.2) is 19.3 Å². The van der Waals surface area contributed by atoms with Gasteiger partial charge in [-0.05, 0) is 30.5 Å². The van der Waals surface area contributed by atoms with Crippen LogP contribution in [0.5, 0.6) is 5.75 Å². The van der Waals surface area contributed by atoms with Crippen LogP contribution in [0.2, 0.25) is 0 Å². The van der Waals surface area contributed by atoms with Crippen LogP contribution in [0, 0.1) is 0 Å². The first kappa shape index (κ1) is 12.9. The van der Waals surface area contributed by atoms with E-state index in [0.29, 0.717) is 6.61 Å². The van der Waals surface area contributed by atoms with Gasteiger partial charge in [0.2, 0.25) is 0 Å². The minimum absolute atomic E-state index is 0.118. The van der Waals surface area contributed by atoms with E-state index in [1.54, 1.807) is 0 Å². The lowest BCUT2D eigenvalue weighted by Crippen LogP contribution is -2.38. The van der Waals surface area contributed by atoms with Crippen molar-refractivity contribution in [3.63, 3.8) is 0 Å². The topological polar surface area (TPSA) is 44.5 Å². The van der Waals surface area contributed by atoms with Gasteiger partial charge in [-0.2, -0.15) is 0 Å². The van der Waals surface area contributed by atoms with Crippen LogP contribution < -0.4 is 10.5 Å². The van der Waals surface area contributed by atoms with Crippen LogP contribution in [0.1, 0.15) is 44.1 Å². The van der Waals surface area contributed by atoms with E-state index in [-0.39, 0.29) is 11.6 Å². The van der Waals surface area contributed by atoms with Crippen LogP contribution in [0.4, 0.5) is 0 Å². The van der Waals surface area contributed by atoms with E-state index in [9.17, 15) is 0 Å². The highest BCUT2D eigenvalue weighted by atomic mass is 16.5. The molecule has 1 aliphatic carbocycles. The molecule has 3 heteroatoms. The highest BCUT2D eigenvalue weighted by Crippen LogP contribution is 2.35. The Kier molecular flexibility index (Phi) is 3.76. The number of hydrogen-bond donors (Lipinski definition) is 1. The molecule has 1 saturated carbocycles. The first-order chi connectivity index (χ1) is 9.26. The van der Waals surface area contributed by atoms with Crippen LogP contribution >= 0.6 is 0 Å². The van der Waals surface area contributed by atoms with Crippen LogP contribution in [0.3, 0.4) is 0 Å². The quantitative estimate of drug-likeness (QED) is 0.909.